The highest BCUT2D eigenvalue weighted by Crippen LogP contribution is 2.29. The van der Waals surface area contributed by atoms with Crippen LogP contribution in [0.25, 0.3) is 0 Å². The number of nitrogens with one attached hydrogen (secondary N) is 1. The van der Waals surface area contributed by atoms with Gasteiger partial charge in [-0.05, 0) is 18.3 Å². The van der Waals surface area contributed by atoms with Crippen molar-refractivity contribution in [2.45, 2.75) is 58.4 Å². The van der Waals surface area contributed by atoms with Gasteiger partial charge in [-0.1, -0.05) is 40.0 Å². The van der Waals surface area contributed by atoms with E-state index in [9.17, 15) is 13.5 Å². The molecular formula is C12H25NO3S. The van der Waals surface area contributed by atoms with Crippen molar-refractivity contribution in [1.82, 2.24) is 4.72 Å². The van der Waals surface area contributed by atoms with Gasteiger partial charge in [0.2, 0.25) is 10.0 Å². The number of sulfonamides is 1. The van der Waals surface area contributed by atoms with Crippen molar-refractivity contribution < 1.29 is 13.5 Å². The lowest BCUT2D eigenvalue weighted by molar-refractivity contribution is 0.141. The van der Waals surface area contributed by atoms with Crippen LogP contribution < -0.4 is 4.72 Å². The normalized spacial score (nSPS) is 21.4. The molecule has 1 saturated carbocycles. The van der Waals surface area contributed by atoms with Crippen LogP contribution in [0, 0.1) is 5.41 Å². The third-order valence-electron chi connectivity index (χ3n) is 3.11. The molecule has 2 N–H and O–H groups in total. The van der Waals surface area contributed by atoms with E-state index >= 15 is 0 Å². The number of aliphatic hydroxyl groups excluding tert-OH is 1. The topological polar surface area (TPSA) is 66.4 Å². The predicted molar refractivity (Wildman–Crippen MR) is 69.3 cm³/mol. The van der Waals surface area contributed by atoms with Crippen molar-refractivity contribution in [2.24, 2.45) is 5.41 Å². The molecule has 0 unspecified atom stereocenters. The van der Waals surface area contributed by atoms with E-state index in [2.05, 4.69) is 4.72 Å². The van der Waals surface area contributed by atoms with E-state index < -0.39 is 15.6 Å². The van der Waals surface area contributed by atoms with E-state index in [4.69, 9.17) is 0 Å². The van der Waals surface area contributed by atoms with Crippen LogP contribution in [0.4, 0.5) is 0 Å². The number of rotatable bonds is 4. The summed E-state index contributed by atoms with van der Waals surface area (Å²) in [6.07, 6.45) is 4.58. The highest BCUT2D eigenvalue weighted by molar-refractivity contribution is 7.89. The monoisotopic (exact) mass is 263 g/mol. The van der Waals surface area contributed by atoms with Crippen molar-refractivity contribution in [1.29, 1.82) is 0 Å². The lowest BCUT2D eigenvalue weighted by Gasteiger charge is -2.36. The van der Waals surface area contributed by atoms with Crippen LogP contribution in [0.5, 0.6) is 0 Å². The zero-order valence-corrected chi connectivity index (χ0v) is 11.9. The first kappa shape index (κ1) is 14.9. The van der Waals surface area contributed by atoms with E-state index in [1.54, 1.807) is 0 Å². The molecule has 0 radical (unpaired) electrons. The first-order valence-corrected chi connectivity index (χ1v) is 7.96. The maximum absolute atomic E-state index is 12.1. The lowest BCUT2D eigenvalue weighted by atomic mass is 9.83. The molecule has 0 heterocycles. The Kier molecular flexibility index (Phi) is 4.60. The summed E-state index contributed by atoms with van der Waals surface area (Å²) >= 11 is 0. The van der Waals surface area contributed by atoms with Crippen molar-refractivity contribution in [3.63, 3.8) is 0 Å². The van der Waals surface area contributed by atoms with Crippen LogP contribution in [0.1, 0.15) is 52.9 Å². The molecule has 1 rings (SSSR count). The molecule has 0 aromatic carbocycles. The number of hydrogen-bond donors (Lipinski definition) is 2. The second kappa shape index (κ2) is 5.24. The first-order valence-electron chi connectivity index (χ1n) is 6.31. The molecule has 4 nitrogen and oxygen atoms in total. The summed E-state index contributed by atoms with van der Waals surface area (Å²) in [5.74, 6) is 0.0990. The van der Waals surface area contributed by atoms with Gasteiger partial charge < -0.3 is 5.11 Å². The molecule has 0 atom stereocenters. The molecule has 1 fully saturated rings. The van der Waals surface area contributed by atoms with Crippen molar-refractivity contribution >= 4 is 10.0 Å². The Labute approximate surface area is 105 Å². The Balaban J connectivity index is 2.73. The fourth-order valence-corrected chi connectivity index (χ4v) is 4.60. The molecule has 5 heteroatoms. The van der Waals surface area contributed by atoms with E-state index in [1.807, 2.05) is 20.8 Å². The molecule has 0 aromatic rings. The molecule has 17 heavy (non-hydrogen) atoms. The predicted octanol–water partition coefficient (Wildman–Crippen LogP) is 1.65. The van der Waals surface area contributed by atoms with Crippen LogP contribution in [0.15, 0.2) is 0 Å². The van der Waals surface area contributed by atoms with Gasteiger partial charge in [-0.3, -0.25) is 0 Å². The van der Waals surface area contributed by atoms with Crippen LogP contribution in [0.2, 0.25) is 0 Å². The highest BCUT2D eigenvalue weighted by atomic mass is 32.2. The Bertz CT molecular complexity index is 337. The van der Waals surface area contributed by atoms with Gasteiger partial charge in [0, 0.05) is 0 Å². The van der Waals surface area contributed by atoms with Crippen molar-refractivity contribution in [3.05, 3.63) is 0 Å². The molecule has 0 amide bonds. The summed E-state index contributed by atoms with van der Waals surface area (Å²) in [5, 5.41) is 9.48. The fraction of sp³-hybridized carbons (Fsp3) is 1.00. The molecule has 0 spiro atoms. The minimum Gasteiger partial charge on any atom is -0.394 e. The van der Waals surface area contributed by atoms with Gasteiger partial charge in [-0.15, -0.1) is 0 Å². The van der Waals surface area contributed by atoms with Crippen LogP contribution in [-0.2, 0) is 10.0 Å². The van der Waals surface area contributed by atoms with Gasteiger partial charge in [-0.25, -0.2) is 13.1 Å². The average molecular weight is 263 g/mol. The van der Waals surface area contributed by atoms with Crippen LogP contribution in [-0.4, -0.2) is 31.4 Å². The number of aliphatic hydroxyl groups is 1. The summed E-state index contributed by atoms with van der Waals surface area (Å²) in [6, 6.07) is 0. The van der Waals surface area contributed by atoms with Gasteiger partial charge in [0.05, 0.1) is 17.9 Å². The summed E-state index contributed by atoms with van der Waals surface area (Å²) < 4.78 is 26.8. The van der Waals surface area contributed by atoms with E-state index in [1.165, 1.54) is 0 Å². The zero-order chi connectivity index (χ0) is 13.2. The largest absolute Gasteiger partial charge is 0.394 e. The molecule has 0 aromatic heterocycles. The minimum absolute atomic E-state index is 0.0990. The molecule has 1 aliphatic carbocycles. The van der Waals surface area contributed by atoms with Crippen LogP contribution in [0.3, 0.4) is 0 Å². The molecule has 1 aliphatic rings. The maximum Gasteiger partial charge on any atom is 0.212 e. The molecule has 0 saturated heterocycles. The second-order valence-electron chi connectivity index (χ2n) is 6.42. The Morgan fingerprint density at radius 2 is 1.71 bits per heavy atom. The summed E-state index contributed by atoms with van der Waals surface area (Å²) in [7, 11) is -3.32. The van der Waals surface area contributed by atoms with Crippen LogP contribution >= 0.6 is 0 Å². The highest BCUT2D eigenvalue weighted by Gasteiger charge is 2.36. The maximum atomic E-state index is 12.1. The Morgan fingerprint density at radius 3 is 2.12 bits per heavy atom. The first-order chi connectivity index (χ1) is 7.68. The number of hydrogen-bond acceptors (Lipinski definition) is 3. The van der Waals surface area contributed by atoms with E-state index in [-0.39, 0.29) is 17.8 Å². The molecule has 102 valence electrons. The third-order valence-corrected chi connectivity index (χ3v) is 5.10. The quantitative estimate of drug-likeness (QED) is 0.810. The molecule has 0 aliphatic heterocycles. The van der Waals surface area contributed by atoms with E-state index in [0.717, 1.165) is 32.1 Å². The SMILES string of the molecule is CC(C)(C)CS(=O)(=O)NC1(CO)CCCCC1. The Hall–Kier alpha value is -0.130. The van der Waals surface area contributed by atoms with Gasteiger partial charge >= 0.3 is 0 Å². The third kappa shape index (κ3) is 4.94. The average Bonchev–Trinajstić information content (AvgIpc) is 2.14. The summed E-state index contributed by atoms with van der Waals surface area (Å²) in [5.41, 5.74) is -0.876. The second-order valence-corrected chi connectivity index (χ2v) is 8.14. The summed E-state index contributed by atoms with van der Waals surface area (Å²) in [6.45, 7) is 5.60. The van der Waals surface area contributed by atoms with Crippen molar-refractivity contribution in [2.75, 3.05) is 12.4 Å². The van der Waals surface area contributed by atoms with Gasteiger partial charge in [-0.2, -0.15) is 0 Å². The smallest absolute Gasteiger partial charge is 0.212 e. The standard InChI is InChI=1S/C12H25NO3S/c1-11(2,3)10-17(15,16)13-12(9-14)7-5-4-6-8-12/h13-14H,4-10H2,1-3H3. The zero-order valence-electron chi connectivity index (χ0n) is 11.1. The molecule has 0 bridgehead atoms. The lowest BCUT2D eigenvalue weighted by Crippen LogP contribution is -2.53. The fourth-order valence-electron chi connectivity index (χ4n) is 2.46. The molecular weight excluding hydrogens is 238 g/mol. The summed E-state index contributed by atoms with van der Waals surface area (Å²) in [4.78, 5) is 0. The van der Waals surface area contributed by atoms with Gasteiger partial charge in [0.25, 0.3) is 0 Å². The Morgan fingerprint density at radius 1 is 1.18 bits per heavy atom. The van der Waals surface area contributed by atoms with Crippen molar-refractivity contribution in [3.8, 4) is 0 Å². The van der Waals surface area contributed by atoms with Gasteiger partial charge in [0.15, 0.2) is 0 Å². The van der Waals surface area contributed by atoms with E-state index in [0.29, 0.717) is 0 Å². The van der Waals surface area contributed by atoms with Gasteiger partial charge in [0.1, 0.15) is 0 Å². The minimum atomic E-state index is -3.32.